The van der Waals surface area contributed by atoms with E-state index in [1.165, 1.54) is 5.56 Å². The molecule has 1 aromatic heterocycles. The molecule has 0 saturated heterocycles. The summed E-state index contributed by atoms with van der Waals surface area (Å²) in [7, 11) is 0. The summed E-state index contributed by atoms with van der Waals surface area (Å²) < 4.78 is 4.96. The van der Waals surface area contributed by atoms with E-state index in [1.807, 2.05) is 38.1 Å². The van der Waals surface area contributed by atoms with Crippen LogP contribution in [0.1, 0.15) is 21.7 Å². The largest absolute Gasteiger partial charge is 0.469 e. The van der Waals surface area contributed by atoms with Crippen molar-refractivity contribution in [2.75, 3.05) is 0 Å². The maximum absolute atomic E-state index is 10.0. The Morgan fingerprint density at radius 3 is 2.00 bits per heavy atom. The average molecular weight is 202 g/mol. The minimum atomic E-state index is 0.729. The number of hydrogen-bond acceptors (Lipinski definition) is 2. The predicted octanol–water partition coefficient (Wildman–Crippen LogP) is 3.40. The number of furan rings is 1. The van der Waals surface area contributed by atoms with E-state index in [2.05, 4.69) is 0 Å². The van der Waals surface area contributed by atoms with Gasteiger partial charge in [0.05, 0.1) is 6.26 Å². The van der Waals surface area contributed by atoms with Crippen molar-refractivity contribution in [3.8, 4) is 0 Å². The highest BCUT2D eigenvalue weighted by molar-refractivity contribution is 5.74. The van der Waals surface area contributed by atoms with Gasteiger partial charge in [-0.1, -0.05) is 30.3 Å². The molecule has 2 nitrogen and oxygen atoms in total. The van der Waals surface area contributed by atoms with Crippen LogP contribution in [0.4, 0.5) is 0 Å². The van der Waals surface area contributed by atoms with Crippen molar-refractivity contribution in [2.24, 2.45) is 0 Å². The van der Waals surface area contributed by atoms with Crippen molar-refractivity contribution >= 4 is 6.29 Å². The van der Waals surface area contributed by atoms with Crippen LogP contribution in [-0.4, -0.2) is 6.29 Å². The van der Waals surface area contributed by atoms with Gasteiger partial charge in [-0.15, -0.1) is 0 Å². The second-order valence-electron chi connectivity index (χ2n) is 3.19. The van der Waals surface area contributed by atoms with Crippen LogP contribution < -0.4 is 0 Å². The summed E-state index contributed by atoms with van der Waals surface area (Å²) in [6.45, 7) is 3.98. The Hall–Kier alpha value is -1.83. The molecule has 2 aromatic rings. The lowest BCUT2D eigenvalue weighted by molar-refractivity contribution is 0.112. The monoisotopic (exact) mass is 202 g/mol. The van der Waals surface area contributed by atoms with Crippen LogP contribution in [0.2, 0.25) is 0 Å². The van der Waals surface area contributed by atoms with Gasteiger partial charge in [0.25, 0.3) is 0 Å². The first-order chi connectivity index (χ1) is 7.24. The van der Waals surface area contributed by atoms with E-state index in [-0.39, 0.29) is 0 Å². The Bertz CT molecular complexity index is 385. The van der Waals surface area contributed by atoms with Gasteiger partial charge in [0.15, 0.2) is 0 Å². The molecule has 0 amide bonds. The first kappa shape index (κ1) is 11.2. The summed E-state index contributed by atoms with van der Waals surface area (Å²) in [5.74, 6) is 1.01. The van der Waals surface area contributed by atoms with Gasteiger partial charge >= 0.3 is 0 Å². The van der Waals surface area contributed by atoms with Crippen LogP contribution in [0.15, 0.2) is 47.1 Å². The smallest absolute Gasteiger partial charge is 0.150 e. The Labute approximate surface area is 89.5 Å². The van der Waals surface area contributed by atoms with Crippen LogP contribution in [0.25, 0.3) is 0 Å². The maximum atomic E-state index is 10.0. The summed E-state index contributed by atoms with van der Waals surface area (Å²) >= 11 is 0. The molecule has 0 saturated carbocycles. The Morgan fingerprint density at radius 2 is 1.73 bits per heavy atom. The molecule has 0 aliphatic heterocycles. The zero-order valence-electron chi connectivity index (χ0n) is 8.94. The Balaban J connectivity index is 0.000000151. The number of aryl methyl sites for hydroxylation is 2. The molecule has 15 heavy (non-hydrogen) atoms. The number of carbonyl (C=O) groups is 1. The quantitative estimate of drug-likeness (QED) is 0.663. The molecule has 1 aromatic carbocycles. The van der Waals surface area contributed by atoms with Gasteiger partial charge in [0.1, 0.15) is 12.0 Å². The van der Waals surface area contributed by atoms with Gasteiger partial charge < -0.3 is 4.42 Å². The van der Waals surface area contributed by atoms with E-state index < -0.39 is 0 Å². The third-order valence-electron chi connectivity index (χ3n) is 2.05. The molecular formula is C13H14O2. The fourth-order valence-electron chi connectivity index (χ4n) is 0.980. The highest BCUT2D eigenvalue weighted by Crippen LogP contribution is 2.04. The van der Waals surface area contributed by atoms with Crippen LogP contribution in [-0.2, 0) is 0 Å². The predicted molar refractivity (Wildman–Crippen MR) is 60.0 cm³/mol. The molecule has 2 heteroatoms. The Kier molecular flexibility index (Phi) is 4.35. The number of hydrogen-bond donors (Lipinski definition) is 0. The van der Waals surface area contributed by atoms with Crippen LogP contribution >= 0.6 is 0 Å². The normalized spacial score (nSPS) is 8.93. The van der Waals surface area contributed by atoms with E-state index >= 15 is 0 Å². The first-order valence-corrected chi connectivity index (χ1v) is 4.75. The molecule has 0 aliphatic carbocycles. The van der Waals surface area contributed by atoms with Crippen LogP contribution in [0, 0.1) is 13.8 Å². The summed E-state index contributed by atoms with van der Waals surface area (Å²) in [5.41, 5.74) is 1.95. The third-order valence-corrected chi connectivity index (χ3v) is 2.05. The van der Waals surface area contributed by atoms with Crippen molar-refractivity contribution in [1.29, 1.82) is 0 Å². The number of rotatable bonds is 1. The van der Waals surface area contributed by atoms with Gasteiger partial charge in [-0.25, -0.2) is 0 Å². The minimum Gasteiger partial charge on any atom is -0.469 e. The highest BCUT2D eigenvalue weighted by Gasteiger charge is 1.88. The molecule has 0 atom stereocenters. The molecule has 0 radical (unpaired) electrons. The van der Waals surface area contributed by atoms with Crippen molar-refractivity contribution < 1.29 is 9.21 Å². The molecule has 2 rings (SSSR count). The standard InChI is InChI=1S/C7H6O.C6H8O/c8-6-7-4-2-1-3-5-7;1-5-3-4-7-6(5)2/h1-6H;3-4H,1-2H3. The summed E-state index contributed by atoms with van der Waals surface area (Å²) in [6, 6.07) is 11.1. The maximum Gasteiger partial charge on any atom is 0.150 e. The first-order valence-electron chi connectivity index (χ1n) is 4.75. The van der Waals surface area contributed by atoms with E-state index in [9.17, 15) is 4.79 Å². The Morgan fingerprint density at radius 1 is 1.07 bits per heavy atom. The van der Waals surface area contributed by atoms with Gasteiger partial charge in [-0.3, -0.25) is 4.79 Å². The molecule has 1 heterocycles. The van der Waals surface area contributed by atoms with E-state index in [1.54, 1.807) is 18.4 Å². The van der Waals surface area contributed by atoms with Gasteiger partial charge in [0, 0.05) is 5.56 Å². The summed E-state index contributed by atoms with van der Waals surface area (Å²) in [6.07, 6.45) is 2.53. The van der Waals surface area contributed by atoms with Crippen LogP contribution in [0.5, 0.6) is 0 Å². The second kappa shape index (κ2) is 5.81. The molecule has 78 valence electrons. The fourth-order valence-corrected chi connectivity index (χ4v) is 0.980. The van der Waals surface area contributed by atoms with Gasteiger partial charge in [-0.2, -0.15) is 0 Å². The van der Waals surface area contributed by atoms with Crippen molar-refractivity contribution in [3.63, 3.8) is 0 Å². The lowest BCUT2D eigenvalue weighted by Gasteiger charge is -1.81. The molecule has 0 fully saturated rings. The summed E-state index contributed by atoms with van der Waals surface area (Å²) in [5, 5.41) is 0. The van der Waals surface area contributed by atoms with E-state index in [0.29, 0.717) is 0 Å². The van der Waals surface area contributed by atoms with Gasteiger partial charge in [0.2, 0.25) is 0 Å². The van der Waals surface area contributed by atoms with E-state index in [4.69, 9.17) is 4.42 Å². The third kappa shape index (κ3) is 3.81. The van der Waals surface area contributed by atoms with E-state index in [0.717, 1.165) is 17.6 Å². The molecule has 0 spiro atoms. The van der Waals surface area contributed by atoms with Crippen molar-refractivity contribution in [2.45, 2.75) is 13.8 Å². The van der Waals surface area contributed by atoms with Crippen molar-refractivity contribution in [3.05, 3.63) is 59.5 Å². The lowest BCUT2D eigenvalue weighted by atomic mass is 10.2. The average Bonchev–Trinajstić information content (AvgIpc) is 2.65. The zero-order chi connectivity index (χ0) is 11.1. The number of aldehydes is 1. The van der Waals surface area contributed by atoms with Gasteiger partial charge in [-0.05, 0) is 25.5 Å². The summed E-state index contributed by atoms with van der Waals surface area (Å²) in [4.78, 5) is 10.0. The molecule has 0 unspecified atom stereocenters. The molecule has 0 bridgehead atoms. The molecular weight excluding hydrogens is 188 g/mol. The second-order valence-corrected chi connectivity index (χ2v) is 3.19. The van der Waals surface area contributed by atoms with Crippen molar-refractivity contribution in [1.82, 2.24) is 0 Å². The molecule has 0 aliphatic rings. The number of carbonyl (C=O) groups excluding carboxylic acids is 1. The minimum absolute atomic E-state index is 0.729. The fraction of sp³-hybridized carbons (Fsp3) is 0.154. The zero-order valence-corrected chi connectivity index (χ0v) is 8.94. The highest BCUT2D eigenvalue weighted by atomic mass is 16.3. The lowest BCUT2D eigenvalue weighted by Crippen LogP contribution is -1.73. The topological polar surface area (TPSA) is 30.2 Å². The van der Waals surface area contributed by atoms with Crippen LogP contribution in [0.3, 0.4) is 0 Å². The SMILES string of the molecule is Cc1ccoc1C.O=Cc1ccccc1. The number of benzene rings is 1. The molecule has 0 N–H and O–H groups in total.